The van der Waals surface area contributed by atoms with E-state index in [0.29, 0.717) is 28.6 Å². The van der Waals surface area contributed by atoms with Crippen LogP contribution in [0.4, 0.5) is 0 Å². The first-order valence-electron chi connectivity index (χ1n) is 10.3. The van der Waals surface area contributed by atoms with E-state index in [0.717, 1.165) is 21.9 Å². The molecule has 0 spiro atoms. The first-order valence-corrected chi connectivity index (χ1v) is 10.3. The molecule has 0 aromatic heterocycles. The van der Waals surface area contributed by atoms with Gasteiger partial charge in [-0.3, -0.25) is 4.79 Å². The molecule has 4 rings (SSSR count). The van der Waals surface area contributed by atoms with Crippen LogP contribution >= 0.6 is 12.4 Å². The summed E-state index contributed by atoms with van der Waals surface area (Å²) in [5.41, 5.74) is 8.74. The molecule has 164 valence electrons. The zero-order valence-electron chi connectivity index (χ0n) is 18.3. The van der Waals surface area contributed by atoms with Crippen LogP contribution in [-0.4, -0.2) is 11.8 Å². The van der Waals surface area contributed by atoms with E-state index in [1.165, 1.54) is 0 Å². The summed E-state index contributed by atoms with van der Waals surface area (Å²) in [6, 6.07) is 24.4. The van der Waals surface area contributed by atoms with Gasteiger partial charge in [-0.05, 0) is 67.9 Å². The quantitative estimate of drug-likeness (QED) is 0.323. The third-order valence-electron chi connectivity index (χ3n) is 5.12. The molecule has 0 bridgehead atoms. The molecule has 0 aliphatic carbocycles. The molecule has 4 aromatic rings. The van der Waals surface area contributed by atoms with E-state index in [-0.39, 0.29) is 18.2 Å². The van der Waals surface area contributed by atoms with Crippen molar-refractivity contribution in [1.82, 2.24) is 0 Å². The lowest BCUT2D eigenvalue weighted by Crippen LogP contribution is -2.26. The fourth-order valence-electron chi connectivity index (χ4n) is 3.37. The molecule has 32 heavy (non-hydrogen) atoms. The van der Waals surface area contributed by atoms with Crippen molar-refractivity contribution in [1.29, 1.82) is 0 Å². The fraction of sp³-hybridized carbons (Fsp3) is 0.148. The Hall–Kier alpha value is -3.34. The third kappa shape index (κ3) is 5.10. The van der Waals surface area contributed by atoms with Gasteiger partial charge in [0, 0.05) is 5.56 Å². The van der Waals surface area contributed by atoms with Crippen LogP contribution in [0.1, 0.15) is 28.4 Å². The van der Waals surface area contributed by atoms with Crippen LogP contribution in [0.25, 0.3) is 10.8 Å². The molecule has 2 N–H and O–H groups in total. The normalized spacial score (nSPS) is 11.5. The summed E-state index contributed by atoms with van der Waals surface area (Å²) in [4.78, 5) is 12.7. The predicted molar refractivity (Wildman–Crippen MR) is 132 cm³/mol. The summed E-state index contributed by atoms with van der Waals surface area (Å²) in [6.07, 6.45) is 0. The number of fused-ring (bicyclic) bond motifs is 1. The van der Waals surface area contributed by atoms with E-state index in [1.54, 1.807) is 13.0 Å². The minimum atomic E-state index is -0.587. The lowest BCUT2D eigenvalue weighted by atomic mass is 9.98. The van der Waals surface area contributed by atoms with Gasteiger partial charge in [-0.2, -0.15) is 0 Å². The number of ketones is 1. The average Bonchev–Trinajstić information content (AvgIpc) is 2.76. The number of carbonyl (C=O) groups excluding carboxylic acids is 1. The van der Waals surface area contributed by atoms with Crippen LogP contribution in [-0.2, 0) is 0 Å². The summed E-state index contributed by atoms with van der Waals surface area (Å²) in [5.74, 6) is 2.39. The van der Waals surface area contributed by atoms with Gasteiger partial charge in [-0.15, -0.1) is 12.4 Å². The summed E-state index contributed by atoms with van der Waals surface area (Å²) in [5, 5.41) is 1.66. The highest BCUT2D eigenvalue weighted by atomic mass is 35.5. The predicted octanol–water partition coefficient (Wildman–Crippen LogP) is 6.99. The molecule has 0 fully saturated rings. The maximum atomic E-state index is 12.7. The van der Waals surface area contributed by atoms with E-state index < -0.39 is 6.04 Å². The van der Waals surface area contributed by atoms with E-state index in [4.69, 9.17) is 15.2 Å². The highest BCUT2D eigenvalue weighted by Crippen LogP contribution is 2.39. The molecule has 1 unspecified atom stereocenters. The minimum Gasteiger partial charge on any atom is -0.453 e. The van der Waals surface area contributed by atoms with Crippen LogP contribution in [0, 0.1) is 13.8 Å². The molecule has 0 aliphatic heterocycles. The smallest absolute Gasteiger partial charge is 0.179 e. The van der Waals surface area contributed by atoms with Crippen molar-refractivity contribution in [3.05, 3.63) is 95.6 Å². The molecular formula is C27H26ClNO3. The van der Waals surface area contributed by atoms with Gasteiger partial charge >= 0.3 is 0 Å². The van der Waals surface area contributed by atoms with Gasteiger partial charge in [0.25, 0.3) is 0 Å². The number of carbonyl (C=O) groups is 1. The molecule has 5 heteroatoms. The number of nitrogens with two attached hydrogens (primary N) is 1. The Morgan fingerprint density at radius 3 is 1.78 bits per heavy atom. The Balaban J connectivity index is 0.00000289. The van der Waals surface area contributed by atoms with E-state index in [2.05, 4.69) is 0 Å². The Morgan fingerprint density at radius 2 is 1.28 bits per heavy atom. The number of aryl methyl sites for hydroxylation is 2. The van der Waals surface area contributed by atoms with Gasteiger partial charge in [0.1, 0.15) is 11.5 Å². The van der Waals surface area contributed by atoms with Gasteiger partial charge < -0.3 is 15.2 Å². The average molecular weight is 448 g/mol. The van der Waals surface area contributed by atoms with E-state index >= 15 is 0 Å². The summed E-state index contributed by atoms with van der Waals surface area (Å²) < 4.78 is 12.4. The largest absolute Gasteiger partial charge is 0.453 e. The molecule has 4 aromatic carbocycles. The van der Waals surface area contributed by atoms with Crippen LogP contribution in [0.5, 0.6) is 23.0 Å². The van der Waals surface area contributed by atoms with Gasteiger partial charge in [0.2, 0.25) is 0 Å². The van der Waals surface area contributed by atoms with Gasteiger partial charge in [0.15, 0.2) is 17.3 Å². The number of rotatable bonds is 6. The molecule has 0 amide bonds. The topological polar surface area (TPSA) is 61.5 Å². The first-order chi connectivity index (χ1) is 14.9. The molecule has 0 heterocycles. The Kier molecular flexibility index (Phi) is 7.18. The van der Waals surface area contributed by atoms with E-state index in [9.17, 15) is 4.79 Å². The number of hydrogen-bond acceptors (Lipinski definition) is 4. The number of hydrogen-bond donors (Lipinski definition) is 1. The Labute approximate surface area is 194 Å². The van der Waals surface area contributed by atoms with Crippen molar-refractivity contribution >= 4 is 29.0 Å². The van der Waals surface area contributed by atoms with E-state index in [1.807, 2.05) is 86.6 Å². The number of Topliss-reactive ketones (excluding diaryl/α,β-unsaturated/α-hetero) is 1. The molecule has 0 saturated carbocycles. The molecule has 0 saturated heterocycles. The highest BCUT2D eigenvalue weighted by Gasteiger charge is 2.17. The van der Waals surface area contributed by atoms with Crippen molar-refractivity contribution < 1.29 is 14.3 Å². The Bertz CT molecular complexity index is 1230. The second-order valence-electron chi connectivity index (χ2n) is 7.81. The first kappa shape index (κ1) is 23.3. The molecular weight excluding hydrogens is 422 g/mol. The Morgan fingerprint density at radius 1 is 0.781 bits per heavy atom. The van der Waals surface area contributed by atoms with Crippen molar-refractivity contribution in [2.24, 2.45) is 5.73 Å². The van der Waals surface area contributed by atoms with Crippen LogP contribution in [0.3, 0.4) is 0 Å². The van der Waals surface area contributed by atoms with Gasteiger partial charge in [-0.25, -0.2) is 0 Å². The van der Waals surface area contributed by atoms with Gasteiger partial charge in [0.05, 0.1) is 6.04 Å². The maximum Gasteiger partial charge on any atom is 0.179 e. The van der Waals surface area contributed by atoms with Crippen molar-refractivity contribution in [2.75, 3.05) is 0 Å². The van der Waals surface area contributed by atoms with Crippen molar-refractivity contribution in [3.8, 4) is 23.0 Å². The standard InChI is InChI=1S/C27H25NO3.ClH/c1-17-7-11-21(12-8-17)30-25-15-20-5-4-6-23(27(29)19(3)28)24(20)16-26(25)31-22-13-9-18(2)10-14-22;/h4-16,19H,28H2,1-3H3;1H. The zero-order chi connectivity index (χ0) is 22.0. The SMILES string of the molecule is Cc1ccc(Oc2cc3cccc(C(=O)C(C)N)c3cc2Oc2ccc(C)cc2)cc1.Cl. The van der Waals surface area contributed by atoms with Gasteiger partial charge in [-0.1, -0.05) is 53.6 Å². The zero-order valence-corrected chi connectivity index (χ0v) is 19.1. The molecule has 0 radical (unpaired) electrons. The monoisotopic (exact) mass is 447 g/mol. The van der Waals surface area contributed by atoms with Crippen LogP contribution in [0.2, 0.25) is 0 Å². The van der Waals surface area contributed by atoms with Crippen molar-refractivity contribution in [2.45, 2.75) is 26.8 Å². The summed E-state index contributed by atoms with van der Waals surface area (Å²) in [6.45, 7) is 5.75. The second-order valence-corrected chi connectivity index (χ2v) is 7.81. The lowest BCUT2D eigenvalue weighted by molar-refractivity contribution is 0.0969. The minimum absolute atomic E-state index is 0. The summed E-state index contributed by atoms with van der Waals surface area (Å²) in [7, 11) is 0. The number of benzene rings is 4. The maximum absolute atomic E-state index is 12.7. The van der Waals surface area contributed by atoms with Crippen LogP contribution in [0.15, 0.2) is 78.9 Å². The number of ether oxygens (including phenoxy) is 2. The summed E-state index contributed by atoms with van der Waals surface area (Å²) >= 11 is 0. The molecule has 4 nitrogen and oxygen atoms in total. The highest BCUT2D eigenvalue weighted by molar-refractivity contribution is 6.10. The molecule has 0 aliphatic rings. The van der Waals surface area contributed by atoms with Crippen LogP contribution < -0.4 is 15.2 Å². The lowest BCUT2D eigenvalue weighted by Gasteiger charge is -2.16. The third-order valence-corrected chi connectivity index (χ3v) is 5.12. The fourth-order valence-corrected chi connectivity index (χ4v) is 3.37. The van der Waals surface area contributed by atoms with Crippen molar-refractivity contribution in [3.63, 3.8) is 0 Å². The molecule has 1 atom stereocenters. The second kappa shape index (κ2) is 9.86. The number of halogens is 1.